The van der Waals surface area contributed by atoms with E-state index in [2.05, 4.69) is 29.2 Å². The van der Waals surface area contributed by atoms with Crippen molar-refractivity contribution in [2.75, 3.05) is 32.9 Å². The molecule has 4 heteroatoms. The molecule has 3 aliphatic rings. The number of rotatable bonds is 3. The Balaban J connectivity index is 1.66. The lowest BCUT2D eigenvalue weighted by Gasteiger charge is -2.30. The summed E-state index contributed by atoms with van der Waals surface area (Å²) in [5.41, 5.74) is 2.10. The lowest BCUT2D eigenvalue weighted by atomic mass is 9.98. The molecule has 0 bridgehead atoms. The van der Waals surface area contributed by atoms with Crippen LogP contribution >= 0.6 is 11.8 Å². The van der Waals surface area contributed by atoms with Crippen LogP contribution < -0.4 is 0 Å². The maximum absolute atomic E-state index is 5.74. The minimum absolute atomic E-state index is 0.401. The first-order valence-electron chi connectivity index (χ1n) is 6.61. The van der Waals surface area contributed by atoms with Gasteiger partial charge in [0.1, 0.15) is 11.7 Å². The molecule has 0 N–H and O–H groups in total. The van der Waals surface area contributed by atoms with Crippen molar-refractivity contribution in [2.45, 2.75) is 37.0 Å². The Kier molecular flexibility index (Phi) is 3.48. The molecule has 3 atom stereocenters. The van der Waals surface area contributed by atoms with Gasteiger partial charge in [0.2, 0.25) is 0 Å². The standard InChI is InChI=1S/C13H22N2OS/c1-14-8-5-10(6-9-14)11-4-3-7-15(11)12-13(16-12)17-2/h5,11-13H,3-4,6-9H2,1-2H3/t11-,12?,13?/m0/s1. The minimum Gasteiger partial charge on any atom is -0.341 e. The van der Waals surface area contributed by atoms with E-state index in [1.807, 2.05) is 11.8 Å². The fraction of sp³-hybridized carbons (Fsp3) is 0.846. The Morgan fingerprint density at radius 3 is 2.94 bits per heavy atom. The Bertz CT molecular complexity index is 321. The van der Waals surface area contributed by atoms with E-state index in [0.29, 0.717) is 17.7 Å². The predicted molar refractivity (Wildman–Crippen MR) is 72.1 cm³/mol. The van der Waals surface area contributed by atoms with E-state index < -0.39 is 0 Å². The first-order valence-corrected chi connectivity index (χ1v) is 7.90. The van der Waals surface area contributed by atoms with E-state index in [4.69, 9.17) is 4.74 Å². The molecule has 0 aromatic rings. The molecule has 3 aliphatic heterocycles. The summed E-state index contributed by atoms with van der Waals surface area (Å²) in [6.07, 6.45) is 8.90. The molecule has 96 valence electrons. The maximum Gasteiger partial charge on any atom is 0.148 e. The quantitative estimate of drug-likeness (QED) is 0.564. The molecule has 3 heterocycles. The number of ether oxygens (including phenoxy) is 1. The van der Waals surface area contributed by atoms with Crippen molar-refractivity contribution in [1.29, 1.82) is 0 Å². The smallest absolute Gasteiger partial charge is 0.148 e. The van der Waals surface area contributed by atoms with Crippen LogP contribution in [-0.4, -0.2) is 60.4 Å². The minimum atomic E-state index is 0.401. The Labute approximate surface area is 108 Å². The van der Waals surface area contributed by atoms with Crippen LogP contribution in [-0.2, 0) is 4.74 Å². The van der Waals surface area contributed by atoms with Crippen LogP contribution in [0, 0.1) is 0 Å². The molecule has 2 fully saturated rings. The Morgan fingerprint density at radius 1 is 1.41 bits per heavy atom. The molecule has 0 aliphatic carbocycles. The highest BCUT2D eigenvalue weighted by atomic mass is 32.2. The molecule has 0 aromatic heterocycles. The van der Waals surface area contributed by atoms with Crippen molar-refractivity contribution >= 4 is 11.8 Å². The van der Waals surface area contributed by atoms with Crippen LogP contribution in [0.25, 0.3) is 0 Å². The number of nitrogens with zero attached hydrogens (tertiary/aromatic N) is 2. The summed E-state index contributed by atoms with van der Waals surface area (Å²) in [4.78, 5) is 4.99. The molecule has 0 spiro atoms. The third-order valence-corrected chi connectivity index (χ3v) is 4.97. The van der Waals surface area contributed by atoms with Crippen LogP contribution in [0.4, 0.5) is 0 Å². The van der Waals surface area contributed by atoms with Crippen molar-refractivity contribution in [3.8, 4) is 0 Å². The summed E-state index contributed by atoms with van der Waals surface area (Å²) in [6.45, 7) is 3.56. The molecular formula is C13H22N2OS. The van der Waals surface area contributed by atoms with Crippen LogP contribution in [0.15, 0.2) is 11.6 Å². The fourth-order valence-electron chi connectivity index (χ4n) is 3.08. The lowest BCUT2D eigenvalue weighted by Crippen LogP contribution is -2.37. The van der Waals surface area contributed by atoms with Crippen LogP contribution in [0.1, 0.15) is 19.3 Å². The van der Waals surface area contributed by atoms with Gasteiger partial charge in [0.15, 0.2) is 0 Å². The van der Waals surface area contributed by atoms with Crippen molar-refractivity contribution in [2.24, 2.45) is 0 Å². The predicted octanol–water partition coefficient (Wildman–Crippen LogP) is 1.76. The average Bonchev–Trinajstić information content (AvgIpc) is 2.98. The summed E-state index contributed by atoms with van der Waals surface area (Å²) < 4.78 is 5.74. The molecule has 17 heavy (non-hydrogen) atoms. The Hall–Kier alpha value is -0.0300. The van der Waals surface area contributed by atoms with Gasteiger partial charge < -0.3 is 9.64 Å². The normalized spacial score (nSPS) is 39.4. The zero-order chi connectivity index (χ0) is 11.8. The molecule has 0 aromatic carbocycles. The van der Waals surface area contributed by atoms with E-state index in [1.54, 1.807) is 5.57 Å². The zero-order valence-corrected chi connectivity index (χ0v) is 11.6. The van der Waals surface area contributed by atoms with E-state index in [1.165, 1.54) is 32.4 Å². The van der Waals surface area contributed by atoms with E-state index in [9.17, 15) is 0 Å². The highest BCUT2D eigenvalue weighted by Crippen LogP contribution is 2.40. The van der Waals surface area contributed by atoms with Gasteiger partial charge in [0.05, 0.1) is 0 Å². The summed E-state index contributed by atoms with van der Waals surface area (Å²) in [5, 5.41) is 0. The average molecular weight is 254 g/mol. The number of likely N-dealkylation sites (N-methyl/N-ethyl adjacent to an activating group) is 1. The summed E-state index contributed by atoms with van der Waals surface area (Å²) in [7, 11) is 2.20. The van der Waals surface area contributed by atoms with Crippen LogP contribution in [0.5, 0.6) is 0 Å². The van der Waals surface area contributed by atoms with Gasteiger partial charge in [0.25, 0.3) is 0 Å². The van der Waals surface area contributed by atoms with Gasteiger partial charge in [-0.05, 0) is 32.6 Å². The highest BCUT2D eigenvalue weighted by Gasteiger charge is 2.47. The number of epoxide rings is 1. The van der Waals surface area contributed by atoms with Gasteiger partial charge >= 0.3 is 0 Å². The summed E-state index contributed by atoms with van der Waals surface area (Å²) in [6, 6.07) is 0.672. The number of likely N-dealkylation sites (tertiary alicyclic amines) is 1. The third kappa shape index (κ3) is 2.41. The first-order chi connectivity index (χ1) is 8.29. The molecule has 0 amide bonds. The van der Waals surface area contributed by atoms with E-state index >= 15 is 0 Å². The largest absolute Gasteiger partial charge is 0.341 e. The van der Waals surface area contributed by atoms with Crippen LogP contribution in [0.2, 0.25) is 0 Å². The van der Waals surface area contributed by atoms with E-state index in [-0.39, 0.29) is 0 Å². The first kappa shape index (κ1) is 12.0. The molecule has 3 rings (SSSR count). The van der Waals surface area contributed by atoms with Crippen molar-refractivity contribution in [1.82, 2.24) is 9.80 Å². The number of thioether (sulfide) groups is 1. The molecular weight excluding hydrogens is 232 g/mol. The van der Waals surface area contributed by atoms with Gasteiger partial charge in [-0.3, -0.25) is 4.90 Å². The molecule has 0 radical (unpaired) electrons. The van der Waals surface area contributed by atoms with E-state index in [0.717, 1.165) is 6.54 Å². The van der Waals surface area contributed by atoms with Crippen molar-refractivity contribution in [3.63, 3.8) is 0 Å². The zero-order valence-electron chi connectivity index (χ0n) is 10.8. The molecule has 2 saturated heterocycles. The van der Waals surface area contributed by atoms with Gasteiger partial charge in [-0.15, -0.1) is 11.8 Å². The summed E-state index contributed by atoms with van der Waals surface area (Å²) in [5.74, 6) is 0. The number of hydrogen-bond donors (Lipinski definition) is 0. The topological polar surface area (TPSA) is 19.0 Å². The molecule has 0 saturated carbocycles. The second-order valence-electron chi connectivity index (χ2n) is 5.32. The fourth-order valence-corrected chi connectivity index (χ4v) is 3.69. The van der Waals surface area contributed by atoms with Crippen molar-refractivity contribution < 1.29 is 4.74 Å². The van der Waals surface area contributed by atoms with Gasteiger partial charge in [-0.2, -0.15) is 0 Å². The molecule has 3 nitrogen and oxygen atoms in total. The van der Waals surface area contributed by atoms with Crippen molar-refractivity contribution in [3.05, 3.63) is 11.6 Å². The molecule has 2 unspecified atom stereocenters. The number of hydrogen-bond acceptors (Lipinski definition) is 4. The second-order valence-corrected chi connectivity index (χ2v) is 6.25. The Morgan fingerprint density at radius 2 is 2.29 bits per heavy atom. The second kappa shape index (κ2) is 4.92. The third-order valence-electron chi connectivity index (χ3n) is 4.16. The lowest BCUT2D eigenvalue weighted by molar-refractivity contribution is 0.172. The highest BCUT2D eigenvalue weighted by molar-refractivity contribution is 7.99. The SMILES string of the molecule is CSC1OC1N1CCC[C@H]1C1=CCN(C)CC1. The van der Waals surface area contributed by atoms with Gasteiger partial charge in [-0.25, -0.2) is 0 Å². The van der Waals surface area contributed by atoms with Crippen LogP contribution in [0.3, 0.4) is 0 Å². The van der Waals surface area contributed by atoms with Gasteiger partial charge in [-0.1, -0.05) is 11.6 Å². The van der Waals surface area contributed by atoms with Gasteiger partial charge in [0, 0.05) is 25.7 Å². The summed E-state index contributed by atoms with van der Waals surface area (Å²) >= 11 is 1.84. The maximum atomic E-state index is 5.74. The monoisotopic (exact) mass is 254 g/mol.